The van der Waals surface area contributed by atoms with Crippen LogP contribution in [0.2, 0.25) is 0 Å². The second kappa shape index (κ2) is 6.72. The number of hydrogen-bond acceptors (Lipinski definition) is 4. The van der Waals surface area contributed by atoms with E-state index in [0.717, 1.165) is 23.2 Å². The lowest BCUT2D eigenvalue weighted by molar-refractivity contribution is 0.0833. The largest absolute Gasteiger partial charge is 0.450 e. The number of ether oxygens (including phenoxy) is 1. The summed E-state index contributed by atoms with van der Waals surface area (Å²) in [5, 5.41) is 2.15. The highest BCUT2D eigenvalue weighted by molar-refractivity contribution is 9.11. The molecular formula is C13H19BrN2O2S. The number of nitrogens with two attached hydrogens (primary N) is 1. The van der Waals surface area contributed by atoms with Crippen molar-refractivity contribution < 1.29 is 9.53 Å². The van der Waals surface area contributed by atoms with Crippen LogP contribution in [0, 0.1) is 5.92 Å². The molecule has 1 fully saturated rings. The lowest BCUT2D eigenvalue weighted by Gasteiger charge is -2.35. The first-order valence-electron chi connectivity index (χ1n) is 6.48. The summed E-state index contributed by atoms with van der Waals surface area (Å²) in [7, 11) is 0. The van der Waals surface area contributed by atoms with E-state index in [4.69, 9.17) is 10.5 Å². The minimum absolute atomic E-state index is 0.0465. The molecule has 2 rings (SSSR count). The van der Waals surface area contributed by atoms with Gasteiger partial charge in [0, 0.05) is 19.1 Å². The maximum Gasteiger partial charge on any atom is 0.409 e. The third-order valence-corrected chi connectivity index (χ3v) is 4.79. The van der Waals surface area contributed by atoms with Crippen LogP contribution in [0.1, 0.15) is 18.9 Å². The van der Waals surface area contributed by atoms with Crippen molar-refractivity contribution in [3.63, 3.8) is 0 Å². The molecule has 6 heteroatoms. The van der Waals surface area contributed by atoms with Crippen molar-refractivity contribution in [2.24, 2.45) is 11.7 Å². The van der Waals surface area contributed by atoms with Crippen molar-refractivity contribution in [1.29, 1.82) is 0 Å². The van der Waals surface area contributed by atoms with E-state index >= 15 is 0 Å². The number of piperidine rings is 1. The molecule has 1 amide bonds. The Morgan fingerprint density at radius 3 is 3.05 bits per heavy atom. The summed E-state index contributed by atoms with van der Waals surface area (Å²) in [6.45, 7) is 3.57. The molecule has 0 aromatic carbocycles. The lowest BCUT2D eigenvalue weighted by atomic mass is 9.90. The molecule has 2 unspecified atom stereocenters. The molecule has 2 atom stereocenters. The van der Waals surface area contributed by atoms with Crippen molar-refractivity contribution in [2.75, 3.05) is 19.7 Å². The van der Waals surface area contributed by atoms with Crippen LogP contribution in [0.5, 0.6) is 0 Å². The van der Waals surface area contributed by atoms with Crippen molar-refractivity contribution >= 4 is 33.4 Å². The van der Waals surface area contributed by atoms with Gasteiger partial charge in [-0.15, -0.1) is 11.3 Å². The van der Waals surface area contributed by atoms with Gasteiger partial charge in [0.15, 0.2) is 0 Å². The molecule has 0 saturated carbocycles. The molecule has 19 heavy (non-hydrogen) atoms. The van der Waals surface area contributed by atoms with E-state index in [0.29, 0.717) is 19.1 Å². The van der Waals surface area contributed by atoms with Gasteiger partial charge in [-0.3, -0.25) is 0 Å². The molecule has 1 saturated heterocycles. The molecule has 4 nitrogen and oxygen atoms in total. The minimum Gasteiger partial charge on any atom is -0.450 e. The third kappa shape index (κ3) is 4.19. The van der Waals surface area contributed by atoms with Crippen molar-refractivity contribution in [3.8, 4) is 0 Å². The number of carbonyl (C=O) groups is 1. The third-order valence-electron chi connectivity index (χ3n) is 3.24. The molecular weight excluding hydrogens is 328 g/mol. The second-order valence-corrected chi connectivity index (χ2v) is 7.22. The van der Waals surface area contributed by atoms with E-state index in [2.05, 4.69) is 27.4 Å². The Kier molecular flexibility index (Phi) is 5.24. The van der Waals surface area contributed by atoms with Gasteiger partial charge in [-0.25, -0.2) is 4.79 Å². The van der Waals surface area contributed by atoms with Crippen LogP contribution in [-0.4, -0.2) is 36.7 Å². The zero-order valence-electron chi connectivity index (χ0n) is 11.0. The number of carbonyl (C=O) groups excluding carboxylic acids is 1. The molecule has 2 heterocycles. The van der Waals surface area contributed by atoms with Gasteiger partial charge in [0.1, 0.15) is 0 Å². The Labute approximate surface area is 126 Å². The fraction of sp³-hybridized carbons (Fsp3) is 0.615. The Bertz CT molecular complexity index is 438. The second-order valence-electron chi connectivity index (χ2n) is 4.93. The Morgan fingerprint density at radius 2 is 2.42 bits per heavy atom. The molecule has 1 aromatic heterocycles. The fourth-order valence-electron chi connectivity index (χ4n) is 2.54. The SMILES string of the molecule is CCOC(=O)N1CC(N)CC(Cc2csc(Br)c2)C1. The highest BCUT2D eigenvalue weighted by Crippen LogP contribution is 2.26. The van der Waals surface area contributed by atoms with Crippen LogP contribution in [0.3, 0.4) is 0 Å². The van der Waals surface area contributed by atoms with Gasteiger partial charge in [0.2, 0.25) is 0 Å². The van der Waals surface area contributed by atoms with E-state index in [9.17, 15) is 4.79 Å². The summed E-state index contributed by atoms with van der Waals surface area (Å²) in [6, 6.07) is 2.18. The van der Waals surface area contributed by atoms with Crippen LogP contribution in [0.15, 0.2) is 15.2 Å². The van der Waals surface area contributed by atoms with E-state index in [1.54, 1.807) is 16.2 Å². The average Bonchev–Trinajstić information content (AvgIpc) is 2.74. The normalized spacial score (nSPS) is 23.4. The molecule has 0 aliphatic carbocycles. The molecule has 0 radical (unpaired) electrons. The average molecular weight is 347 g/mol. The fourth-order valence-corrected chi connectivity index (χ4v) is 3.77. The molecule has 1 aromatic rings. The minimum atomic E-state index is -0.242. The highest BCUT2D eigenvalue weighted by atomic mass is 79.9. The number of likely N-dealkylation sites (tertiary alicyclic amines) is 1. The van der Waals surface area contributed by atoms with Gasteiger partial charge in [-0.1, -0.05) is 0 Å². The molecule has 0 spiro atoms. The van der Waals surface area contributed by atoms with Gasteiger partial charge in [0.25, 0.3) is 0 Å². The van der Waals surface area contributed by atoms with Crippen molar-refractivity contribution in [3.05, 3.63) is 20.8 Å². The molecule has 2 N–H and O–H groups in total. The van der Waals surface area contributed by atoms with E-state index in [1.165, 1.54) is 5.56 Å². The lowest BCUT2D eigenvalue weighted by Crippen LogP contribution is -2.50. The Hall–Kier alpha value is -0.590. The number of amides is 1. The first-order valence-corrected chi connectivity index (χ1v) is 8.16. The summed E-state index contributed by atoms with van der Waals surface area (Å²) in [5.74, 6) is 0.412. The van der Waals surface area contributed by atoms with Gasteiger partial charge < -0.3 is 15.4 Å². The number of rotatable bonds is 3. The Balaban J connectivity index is 1.95. The summed E-state index contributed by atoms with van der Waals surface area (Å²) in [6.07, 6.45) is 1.68. The van der Waals surface area contributed by atoms with Crippen LogP contribution < -0.4 is 5.73 Å². The van der Waals surface area contributed by atoms with Crippen LogP contribution in [0.25, 0.3) is 0 Å². The van der Waals surface area contributed by atoms with E-state index < -0.39 is 0 Å². The molecule has 1 aliphatic rings. The van der Waals surface area contributed by atoms with Gasteiger partial charge in [-0.05, 0) is 58.6 Å². The zero-order valence-corrected chi connectivity index (χ0v) is 13.4. The van der Waals surface area contributed by atoms with Crippen molar-refractivity contribution in [2.45, 2.75) is 25.8 Å². The van der Waals surface area contributed by atoms with Crippen LogP contribution in [-0.2, 0) is 11.2 Å². The summed E-state index contributed by atoms with van der Waals surface area (Å²) in [5.41, 5.74) is 7.36. The first kappa shape index (κ1) is 14.8. The van der Waals surface area contributed by atoms with Gasteiger partial charge in [-0.2, -0.15) is 0 Å². The zero-order chi connectivity index (χ0) is 13.8. The number of hydrogen-bond donors (Lipinski definition) is 1. The number of halogens is 1. The number of nitrogens with zero attached hydrogens (tertiary/aromatic N) is 1. The molecule has 0 bridgehead atoms. The summed E-state index contributed by atoms with van der Waals surface area (Å²) in [4.78, 5) is 13.5. The Morgan fingerprint density at radius 1 is 1.63 bits per heavy atom. The maximum absolute atomic E-state index is 11.8. The predicted molar refractivity (Wildman–Crippen MR) is 80.4 cm³/mol. The van der Waals surface area contributed by atoms with Gasteiger partial charge in [0.05, 0.1) is 10.4 Å². The summed E-state index contributed by atoms with van der Waals surface area (Å²) >= 11 is 5.16. The standard InChI is InChI=1S/C13H19BrN2O2S/c1-2-18-13(17)16-6-9(4-11(15)7-16)3-10-5-12(14)19-8-10/h5,8-9,11H,2-4,6-7,15H2,1H3. The van der Waals surface area contributed by atoms with E-state index in [-0.39, 0.29) is 12.1 Å². The highest BCUT2D eigenvalue weighted by Gasteiger charge is 2.29. The topological polar surface area (TPSA) is 55.6 Å². The summed E-state index contributed by atoms with van der Waals surface area (Å²) < 4.78 is 6.20. The number of thiophene rings is 1. The monoisotopic (exact) mass is 346 g/mol. The molecule has 106 valence electrons. The van der Waals surface area contributed by atoms with Gasteiger partial charge >= 0.3 is 6.09 Å². The predicted octanol–water partition coefficient (Wildman–Crippen LogP) is 2.86. The first-order chi connectivity index (χ1) is 9.08. The van der Waals surface area contributed by atoms with Crippen LogP contribution in [0.4, 0.5) is 4.79 Å². The van der Waals surface area contributed by atoms with Crippen LogP contribution >= 0.6 is 27.3 Å². The smallest absolute Gasteiger partial charge is 0.409 e. The van der Waals surface area contributed by atoms with Crippen molar-refractivity contribution in [1.82, 2.24) is 4.90 Å². The quantitative estimate of drug-likeness (QED) is 0.915. The molecule has 1 aliphatic heterocycles. The van der Waals surface area contributed by atoms with E-state index in [1.807, 2.05) is 6.92 Å². The maximum atomic E-state index is 11.8.